The van der Waals surface area contributed by atoms with Crippen LogP contribution in [0.3, 0.4) is 0 Å². The molecule has 0 amide bonds. The molecular weight excluding hydrogens is 220 g/mol. The van der Waals surface area contributed by atoms with Gasteiger partial charge in [0.25, 0.3) is 0 Å². The van der Waals surface area contributed by atoms with Crippen LogP contribution in [0.15, 0.2) is 12.4 Å². The van der Waals surface area contributed by atoms with Gasteiger partial charge in [-0.05, 0) is 5.56 Å². The van der Waals surface area contributed by atoms with Crippen molar-refractivity contribution in [2.24, 2.45) is 0 Å². The molecule has 0 aliphatic heterocycles. The van der Waals surface area contributed by atoms with E-state index in [1.54, 1.807) is 12.4 Å². The fraction of sp³-hybridized carbons (Fsp3) is 0.500. The summed E-state index contributed by atoms with van der Waals surface area (Å²) in [5.74, 6) is 0.719. The highest BCUT2D eigenvalue weighted by Crippen LogP contribution is 2.09. The molecule has 1 N–H and O–H groups in total. The van der Waals surface area contributed by atoms with Gasteiger partial charge in [0.2, 0.25) is 0 Å². The maximum Gasteiger partial charge on any atom is 0.133 e. The van der Waals surface area contributed by atoms with Crippen molar-refractivity contribution in [1.29, 1.82) is 0 Å². The number of alkyl halides is 1. The molecule has 0 aliphatic carbocycles. The molecule has 0 saturated heterocycles. The average Bonchev–Trinajstić information content (AvgIpc) is 2.17. The second-order valence-electron chi connectivity index (χ2n) is 2.67. The van der Waals surface area contributed by atoms with Crippen LogP contribution in [0.1, 0.15) is 24.2 Å². The van der Waals surface area contributed by atoms with Crippen LogP contribution in [0.5, 0.6) is 0 Å². The minimum Gasteiger partial charge on any atom is -0.396 e. The molecule has 3 nitrogen and oxygen atoms in total. The molecule has 4 heteroatoms. The Balaban J connectivity index is 2.77. The van der Waals surface area contributed by atoms with E-state index in [-0.39, 0.29) is 12.5 Å². The molecule has 1 heterocycles. The summed E-state index contributed by atoms with van der Waals surface area (Å²) in [4.78, 5) is 8.24. The largest absolute Gasteiger partial charge is 0.396 e. The molecule has 1 atom stereocenters. The van der Waals surface area contributed by atoms with Crippen LogP contribution >= 0.6 is 15.9 Å². The predicted octanol–water partition coefficient (Wildman–Crippen LogP) is 1.47. The quantitative estimate of drug-likeness (QED) is 0.801. The van der Waals surface area contributed by atoms with Gasteiger partial charge in [-0.1, -0.05) is 22.9 Å². The molecule has 0 bridgehead atoms. The molecule has 0 radical (unpaired) electrons. The first-order valence-electron chi connectivity index (χ1n) is 3.75. The standard InChI is InChI=1S/C8H11BrN2O/c1-6(5-12)8-10-3-7(2-9)4-11-8/h3-4,6,12H,2,5H2,1H3. The summed E-state index contributed by atoms with van der Waals surface area (Å²) >= 11 is 3.31. The first-order valence-corrected chi connectivity index (χ1v) is 4.87. The summed E-state index contributed by atoms with van der Waals surface area (Å²) in [6, 6.07) is 0. The zero-order chi connectivity index (χ0) is 8.97. The van der Waals surface area contributed by atoms with Gasteiger partial charge < -0.3 is 5.11 Å². The number of hydrogen-bond acceptors (Lipinski definition) is 3. The summed E-state index contributed by atoms with van der Waals surface area (Å²) in [5, 5.41) is 9.59. The van der Waals surface area contributed by atoms with Gasteiger partial charge in [-0.15, -0.1) is 0 Å². The zero-order valence-corrected chi connectivity index (χ0v) is 8.45. The van der Waals surface area contributed by atoms with Gasteiger partial charge in [0.15, 0.2) is 0 Å². The minimum atomic E-state index is 0.0226. The number of halogens is 1. The van der Waals surface area contributed by atoms with Crippen LogP contribution in [0.25, 0.3) is 0 Å². The Bertz CT molecular complexity index is 237. The number of rotatable bonds is 3. The van der Waals surface area contributed by atoms with Crippen molar-refractivity contribution >= 4 is 15.9 Å². The SMILES string of the molecule is CC(CO)c1ncc(CBr)cn1. The average molecular weight is 231 g/mol. The summed E-state index contributed by atoms with van der Waals surface area (Å²) in [5.41, 5.74) is 1.05. The van der Waals surface area contributed by atoms with E-state index in [1.165, 1.54) is 0 Å². The normalized spacial score (nSPS) is 12.9. The van der Waals surface area contributed by atoms with Crippen molar-refractivity contribution in [2.45, 2.75) is 18.2 Å². The molecule has 12 heavy (non-hydrogen) atoms. The summed E-state index contributed by atoms with van der Waals surface area (Å²) < 4.78 is 0. The smallest absolute Gasteiger partial charge is 0.133 e. The van der Waals surface area contributed by atoms with Crippen molar-refractivity contribution in [3.05, 3.63) is 23.8 Å². The van der Waals surface area contributed by atoms with Gasteiger partial charge in [0.1, 0.15) is 5.82 Å². The summed E-state index contributed by atoms with van der Waals surface area (Å²) in [6.45, 7) is 1.98. The van der Waals surface area contributed by atoms with Crippen LogP contribution in [0, 0.1) is 0 Å². The second-order valence-corrected chi connectivity index (χ2v) is 3.23. The molecule has 66 valence electrons. The van der Waals surface area contributed by atoms with Crippen LogP contribution in [-0.4, -0.2) is 21.7 Å². The Morgan fingerprint density at radius 1 is 1.50 bits per heavy atom. The molecule has 1 rings (SSSR count). The van der Waals surface area contributed by atoms with Gasteiger partial charge >= 0.3 is 0 Å². The van der Waals surface area contributed by atoms with Crippen LogP contribution in [0.4, 0.5) is 0 Å². The maximum atomic E-state index is 8.83. The lowest BCUT2D eigenvalue weighted by Crippen LogP contribution is -2.04. The lowest BCUT2D eigenvalue weighted by Gasteiger charge is -2.05. The zero-order valence-electron chi connectivity index (χ0n) is 6.87. The van der Waals surface area contributed by atoms with Crippen molar-refractivity contribution in [3.63, 3.8) is 0 Å². The monoisotopic (exact) mass is 230 g/mol. The Labute approximate surface area is 80.0 Å². The lowest BCUT2D eigenvalue weighted by atomic mass is 10.2. The van der Waals surface area contributed by atoms with Gasteiger partial charge in [-0.2, -0.15) is 0 Å². The molecule has 0 aromatic carbocycles. The number of aliphatic hydroxyl groups excluding tert-OH is 1. The van der Waals surface area contributed by atoms with E-state index in [9.17, 15) is 0 Å². The highest BCUT2D eigenvalue weighted by molar-refractivity contribution is 9.08. The van der Waals surface area contributed by atoms with Gasteiger partial charge in [-0.25, -0.2) is 9.97 Å². The van der Waals surface area contributed by atoms with Gasteiger partial charge in [-0.3, -0.25) is 0 Å². The summed E-state index contributed by atoms with van der Waals surface area (Å²) in [7, 11) is 0. The molecule has 0 fully saturated rings. The van der Waals surface area contributed by atoms with E-state index in [4.69, 9.17) is 5.11 Å². The van der Waals surface area contributed by atoms with E-state index in [0.29, 0.717) is 5.82 Å². The second kappa shape index (κ2) is 4.52. The highest BCUT2D eigenvalue weighted by atomic mass is 79.9. The van der Waals surface area contributed by atoms with Crippen molar-refractivity contribution in [1.82, 2.24) is 9.97 Å². The predicted molar refractivity (Wildman–Crippen MR) is 50.2 cm³/mol. The Kier molecular flexibility index (Phi) is 3.62. The maximum absolute atomic E-state index is 8.83. The topological polar surface area (TPSA) is 46.0 Å². The Hall–Kier alpha value is -0.480. The first kappa shape index (κ1) is 9.61. The van der Waals surface area contributed by atoms with E-state index in [0.717, 1.165) is 10.9 Å². The van der Waals surface area contributed by atoms with Gasteiger partial charge in [0, 0.05) is 23.6 Å². The van der Waals surface area contributed by atoms with Crippen LogP contribution < -0.4 is 0 Å². The number of aromatic nitrogens is 2. The fourth-order valence-electron chi connectivity index (χ4n) is 0.770. The Morgan fingerprint density at radius 3 is 2.50 bits per heavy atom. The molecule has 1 aromatic rings. The highest BCUT2D eigenvalue weighted by Gasteiger charge is 2.05. The lowest BCUT2D eigenvalue weighted by molar-refractivity contribution is 0.268. The molecule has 1 unspecified atom stereocenters. The third-order valence-corrected chi connectivity index (χ3v) is 2.24. The molecule has 0 saturated carbocycles. The third kappa shape index (κ3) is 2.25. The van der Waals surface area contributed by atoms with Crippen molar-refractivity contribution in [2.75, 3.05) is 6.61 Å². The van der Waals surface area contributed by atoms with Crippen molar-refractivity contribution < 1.29 is 5.11 Å². The molecular formula is C8H11BrN2O. The van der Waals surface area contributed by atoms with Gasteiger partial charge in [0.05, 0.1) is 6.61 Å². The number of hydrogen-bond donors (Lipinski definition) is 1. The van der Waals surface area contributed by atoms with E-state index in [1.807, 2.05) is 6.92 Å². The number of aliphatic hydroxyl groups is 1. The van der Waals surface area contributed by atoms with E-state index >= 15 is 0 Å². The van der Waals surface area contributed by atoms with Crippen LogP contribution in [-0.2, 0) is 5.33 Å². The van der Waals surface area contributed by atoms with Crippen molar-refractivity contribution in [3.8, 4) is 0 Å². The summed E-state index contributed by atoms with van der Waals surface area (Å²) in [6.07, 6.45) is 3.53. The number of nitrogens with zero attached hydrogens (tertiary/aromatic N) is 2. The van der Waals surface area contributed by atoms with Crippen LogP contribution in [0.2, 0.25) is 0 Å². The Morgan fingerprint density at radius 2 is 2.08 bits per heavy atom. The third-order valence-electron chi connectivity index (χ3n) is 1.59. The minimum absolute atomic E-state index is 0.0226. The molecule has 0 aliphatic rings. The van der Waals surface area contributed by atoms with E-state index < -0.39 is 0 Å². The fourth-order valence-corrected chi connectivity index (χ4v) is 1.06. The van der Waals surface area contributed by atoms with E-state index in [2.05, 4.69) is 25.9 Å². The molecule has 0 spiro atoms. The first-order chi connectivity index (χ1) is 5.77. The molecule has 1 aromatic heterocycles.